The minimum atomic E-state index is -3.77. The van der Waals surface area contributed by atoms with Crippen molar-refractivity contribution >= 4 is 15.9 Å². The largest absolute Gasteiger partial charge is 0.495 e. The standard InChI is InChI=1S/C22H26N2O6S/c1-15-5-7-19(28-2)21(10-15)31(26,27)24-9-3-4-17(13-24)22(25)23-12-16-6-8-18-20(11-16)30-14-29-18/h5-8,10-11,17H,3-4,9,12-14H2,1-2H3,(H,23,25)/t17-/m1/s1. The van der Waals surface area contributed by atoms with E-state index in [0.717, 1.165) is 11.1 Å². The summed E-state index contributed by atoms with van der Waals surface area (Å²) in [6.45, 7) is 2.90. The Morgan fingerprint density at radius 2 is 2.00 bits per heavy atom. The molecular formula is C22H26N2O6S. The van der Waals surface area contributed by atoms with Gasteiger partial charge in [0.2, 0.25) is 22.7 Å². The van der Waals surface area contributed by atoms with Gasteiger partial charge >= 0.3 is 0 Å². The number of methoxy groups -OCH3 is 1. The number of carbonyl (C=O) groups excluding carboxylic acids is 1. The number of nitrogens with zero attached hydrogens (tertiary/aromatic N) is 1. The third kappa shape index (κ3) is 4.47. The lowest BCUT2D eigenvalue weighted by atomic mass is 9.98. The van der Waals surface area contributed by atoms with Crippen molar-refractivity contribution in [1.29, 1.82) is 0 Å². The highest BCUT2D eigenvalue weighted by Crippen LogP contribution is 2.33. The Kier molecular flexibility index (Phi) is 6.06. The van der Waals surface area contributed by atoms with E-state index in [-0.39, 0.29) is 24.1 Å². The molecule has 0 saturated carbocycles. The predicted octanol–water partition coefficient (Wildman–Crippen LogP) is 2.45. The van der Waals surface area contributed by atoms with E-state index in [1.54, 1.807) is 18.2 Å². The van der Waals surface area contributed by atoms with E-state index in [1.807, 2.05) is 25.1 Å². The van der Waals surface area contributed by atoms with E-state index in [2.05, 4.69) is 5.32 Å². The van der Waals surface area contributed by atoms with Gasteiger partial charge in [0.15, 0.2) is 11.5 Å². The maximum absolute atomic E-state index is 13.3. The molecule has 166 valence electrons. The number of piperidine rings is 1. The molecule has 1 saturated heterocycles. The lowest BCUT2D eigenvalue weighted by molar-refractivity contribution is -0.126. The molecule has 0 bridgehead atoms. The quantitative estimate of drug-likeness (QED) is 0.733. The van der Waals surface area contributed by atoms with Crippen LogP contribution in [-0.2, 0) is 21.4 Å². The third-order valence-corrected chi connectivity index (χ3v) is 7.48. The number of sulfonamides is 1. The van der Waals surface area contributed by atoms with Crippen LogP contribution in [0.5, 0.6) is 17.2 Å². The Bertz CT molecular complexity index is 1090. The topological polar surface area (TPSA) is 94.2 Å². The third-order valence-electron chi connectivity index (χ3n) is 5.60. The van der Waals surface area contributed by atoms with Crippen LogP contribution in [-0.4, -0.2) is 45.6 Å². The highest BCUT2D eigenvalue weighted by atomic mass is 32.2. The van der Waals surface area contributed by atoms with E-state index in [4.69, 9.17) is 14.2 Å². The van der Waals surface area contributed by atoms with Gasteiger partial charge in [-0.3, -0.25) is 4.79 Å². The van der Waals surface area contributed by atoms with Gasteiger partial charge in [-0.15, -0.1) is 0 Å². The number of nitrogens with one attached hydrogen (secondary N) is 1. The highest BCUT2D eigenvalue weighted by molar-refractivity contribution is 7.89. The van der Waals surface area contributed by atoms with E-state index in [1.165, 1.54) is 11.4 Å². The summed E-state index contributed by atoms with van der Waals surface area (Å²) >= 11 is 0. The fourth-order valence-electron chi connectivity index (χ4n) is 3.88. The van der Waals surface area contributed by atoms with Crippen LogP contribution >= 0.6 is 0 Å². The van der Waals surface area contributed by atoms with Crippen molar-refractivity contribution in [2.45, 2.75) is 31.2 Å². The van der Waals surface area contributed by atoms with Crippen molar-refractivity contribution in [3.8, 4) is 17.2 Å². The zero-order valence-electron chi connectivity index (χ0n) is 17.6. The van der Waals surface area contributed by atoms with Gasteiger partial charge in [0.1, 0.15) is 10.6 Å². The number of hydrogen-bond donors (Lipinski definition) is 1. The van der Waals surface area contributed by atoms with Crippen LogP contribution in [0.3, 0.4) is 0 Å². The first kappa shape index (κ1) is 21.5. The minimum absolute atomic E-state index is 0.136. The van der Waals surface area contributed by atoms with Gasteiger partial charge in [0.25, 0.3) is 0 Å². The second-order valence-corrected chi connectivity index (χ2v) is 9.67. The molecule has 1 amide bonds. The van der Waals surface area contributed by atoms with E-state index >= 15 is 0 Å². The van der Waals surface area contributed by atoms with Crippen LogP contribution in [0.4, 0.5) is 0 Å². The fourth-order valence-corrected chi connectivity index (χ4v) is 5.65. The van der Waals surface area contributed by atoms with Crippen molar-refractivity contribution in [2.24, 2.45) is 5.92 Å². The van der Waals surface area contributed by atoms with Gasteiger partial charge in [-0.2, -0.15) is 4.31 Å². The summed E-state index contributed by atoms with van der Waals surface area (Å²) in [5, 5.41) is 2.92. The number of ether oxygens (including phenoxy) is 3. The molecule has 2 aliphatic rings. The molecule has 0 aromatic heterocycles. The zero-order valence-corrected chi connectivity index (χ0v) is 18.4. The Morgan fingerprint density at radius 3 is 2.81 bits per heavy atom. The number of aryl methyl sites for hydroxylation is 1. The van der Waals surface area contributed by atoms with Crippen LogP contribution in [0, 0.1) is 12.8 Å². The first-order valence-corrected chi connectivity index (χ1v) is 11.6. The Hall–Kier alpha value is -2.78. The summed E-state index contributed by atoms with van der Waals surface area (Å²) in [7, 11) is -2.32. The average molecular weight is 447 g/mol. The molecule has 2 aromatic carbocycles. The molecule has 2 aromatic rings. The monoisotopic (exact) mass is 446 g/mol. The van der Waals surface area contributed by atoms with Gasteiger partial charge in [-0.25, -0.2) is 8.42 Å². The Labute approximate surface area is 182 Å². The molecule has 4 rings (SSSR count). The number of rotatable bonds is 6. The lowest BCUT2D eigenvalue weighted by Gasteiger charge is -2.31. The van der Waals surface area contributed by atoms with Gasteiger partial charge < -0.3 is 19.5 Å². The maximum Gasteiger partial charge on any atom is 0.246 e. The molecule has 9 heteroatoms. The summed E-state index contributed by atoms with van der Waals surface area (Å²) < 4.78 is 43.8. The van der Waals surface area contributed by atoms with Gasteiger partial charge in [-0.05, 0) is 55.2 Å². The van der Waals surface area contributed by atoms with Crippen LogP contribution in [0.15, 0.2) is 41.3 Å². The molecule has 2 aliphatic heterocycles. The van der Waals surface area contributed by atoms with E-state index in [0.29, 0.717) is 43.2 Å². The van der Waals surface area contributed by atoms with Crippen molar-refractivity contribution in [1.82, 2.24) is 9.62 Å². The molecule has 8 nitrogen and oxygen atoms in total. The molecule has 31 heavy (non-hydrogen) atoms. The lowest BCUT2D eigenvalue weighted by Crippen LogP contribution is -2.45. The first-order chi connectivity index (χ1) is 14.9. The second kappa shape index (κ2) is 8.76. The number of amides is 1. The van der Waals surface area contributed by atoms with E-state index in [9.17, 15) is 13.2 Å². The van der Waals surface area contributed by atoms with Gasteiger partial charge in [0.05, 0.1) is 13.0 Å². The van der Waals surface area contributed by atoms with Crippen LogP contribution in [0.2, 0.25) is 0 Å². The van der Waals surface area contributed by atoms with Crippen LogP contribution in [0.25, 0.3) is 0 Å². The summed E-state index contributed by atoms with van der Waals surface area (Å²) in [5.41, 5.74) is 1.72. The number of fused-ring (bicyclic) bond motifs is 1. The van der Waals surface area contributed by atoms with Gasteiger partial charge in [-0.1, -0.05) is 12.1 Å². The first-order valence-electron chi connectivity index (χ1n) is 10.2. The van der Waals surface area contributed by atoms with Crippen molar-refractivity contribution in [3.63, 3.8) is 0 Å². The number of hydrogen-bond acceptors (Lipinski definition) is 6. The predicted molar refractivity (Wildman–Crippen MR) is 114 cm³/mol. The SMILES string of the molecule is COc1ccc(C)cc1S(=O)(=O)N1CCC[C@@H](C(=O)NCc2ccc3c(c2)OCO3)C1. The van der Waals surface area contributed by atoms with Gasteiger partial charge in [0, 0.05) is 19.6 Å². The Balaban J connectivity index is 1.43. The van der Waals surface area contributed by atoms with Crippen molar-refractivity contribution in [2.75, 3.05) is 27.0 Å². The molecule has 0 radical (unpaired) electrons. The molecular weight excluding hydrogens is 420 g/mol. The van der Waals surface area contributed by atoms with Crippen LogP contribution in [0.1, 0.15) is 24.0 Å². The fraction of sp³-hybridized carbons (Fsp3) is 0.409. The summed E-state index contributed by atoms with van der Waals surface area (Å²) in [4.78, 5) is 12.9. The summed E-state index contributed by atoms with van der Waals surface area (Å²) in [6.07, 6.45) is 1.26. The summed E-state index contributed by atoms with van der Waals surface area (Å²) in [6, 6.07) is 10.6. The highest BCUT2D eigenvalue weighted by Gasteiger charge is 2.34. The average Bonchev–Trinajstić information content (AvgIpc) is 3.25. The smallest absolute Gasteiger partial charge is 0.246 e. The molecule has 0 spiro atoms. The number of benzene rings is 2. The molecule has 1 fully saturated rings. The molecule has 1 atom stereocenters. The zero-order chi connectivity index (χ0) is 22.0. The molecule has 0 unspecified atom stereocenters. The normalized spacial score (nSPS) is 18.6. The second-order valence-electron chi connectivity index (χ2n) is 7.76. The maximum atomic E-state index is 13.3. The molecule has 0 aliphatic carbocycles. The van der Waals surface area contributed by atoms with Crippen LogP contribution < -0.4 is 19.5 Å². The minimum Gasteiger partial charge on any atom is -0.495 e. The Morgan fingerprint density at radius 1 is 1.19 bits per heavy atom. The van der Waals surface area contributed by atoms with E-state index < -0.39 is 15.9 Å². The molecule has 2 heterocycles. The summed E-state index contributed by atoms with van der Waals surface area (Å²) in [5.74, 6) is 1.09. The molecule has 1 N–H and O–H groups in total. The number of carbonyl (C=O) groups is 1. The van der Waals surface area contributed by atoms with Crippen molar-refractivity contribution in [3.05, 3.63) is 47.5 Å². The van der Waals surface area contributed by atoms with Crippen molar-refractivity contribution < 1.29 is 27.4 Å².